The minimum absolute atomic E-state index is 0.225. The molecule has 1 saturated heterocycles. The van der Waals surface area contributed by atoms with Gasteiger partial charge in [-0.25, -0.2) is 4.98 Å². The molecule has 0 radical (unpaired) electrons. The molecule has 1 aromatic rings. The molecule has 1 amide bonds. The van der Waals surface area contributed by atoms with Crippen molar-refractivity contribution in [3.63, 3.8) is 0 Å². The maximum Gasteiger partial charge on any atom is 0.227 e. The van der Waals surface area contributed by atoms with Gasteiger partial charge in [-0.05, 0) is 32.1 Å². The molecule has 0 aliphatic carbocycles. The molecular formula is C14H23N3OS. The van der Waals surface area contributed by atoms with Crippen molar-refractivity contribution in [2.75, 3.05) is 18.8 Å². The predicted molar refractivity (Wildman–Crippen MR) is 79.2 cm³/mol. The van der Waals surface area contributed by atoms with Gasteiger partial charge < -0.3 is 10.6 Å². The maximum absolute atomic E-state index is 12.3. The van der Waals surface area contributed by atoms with Gasteiger partial charge in [0, 0.05) is 18.0 Å². The number of rotatable bonds is 3. The van der Waals surface area contributed by atoms with Crippen LogP contribution >= 0.6 is 11.3 Å². The highest BCUT2D eigenvalue weighted by atomic mass is 32.1. The molecule has 0 unspecified atom stereocenters. The van der Waals surface area contributed by atoms with Crippen molar-refractivity contribution < 1.29 is 4.79 Å². The lowest BCUT2D eigenvalue weighted by Crippen LogP contribution is -2.33. The molecule has 1 aliphatic heterocycles. The summed E-state index contributed by atoms with van der Waals surface area (Å²) in [5.74, 6) is 1.02. The normalized spacial score (nSPS) is 20.3. The van der Waals surface area contributed by atoms with Crippen LogP contribution in [0.1, 0.15) is 43.2 Å². The van der Waals surface area contributed by atoms with E-state index in [0.29, 0.717) is 11.6 Å². The van der Waals surface area contributed by atoms with Crippen molar-refractivity contribution in [3.05, 3.63) is 10.6 Å². The van der Waals surface area contributed by atoms with Crippen molar-refractivity contribution >= 4 is 22.4 Å². The molecular weight excluding hydrogens is 258 g/mol. The number of nitrogen functional groups attached to an aromatic ring is 1. The Morgan fingerprint density at radius 3 is 2.89 bits per heavy atom. The summed E-state index contributed by atoms with van der Waals surface area (Å²) >= 11 is 1.44. The zero-order valence-corrected chi connectivity index (χ0v) is 12.6. The van der Waals surface area contributed by atoms with E-state index in [1.807, 2.05) is 11.8 Å². The highest BCUT2D eigenvalue weighted by Gasteiger charge is 2.21. The number of nitrogens with zero attached hydrogens (tertiary/aromatic N) is 2. The number of amides is 1. The number of anilines is 1. The zero-order valence-electron chi connectivity index (χ0n) is 11.8. The van der Waals surface area contributed by atoms with E-state index >= 15 is 0 Å². The molecule has 1 aromatic heterocycles. The third-order valence-electron chi connectivity index (χ3n) is 4.00. The first-order valence-electron chi connectivity index (χ1n) is 7.09. The summed E-state index contributed by atoms with van der Waals surface area (Å²) in [6, 6.07) is 0. The van der Waals surface area contributed by atoms with Gasteiger partial charge in [-0.1, -0.05) is 13.3 Å². The van der Waals surface area contributed by atoms with E-state index in [1.54, 1.807) is 0 Å². The Balaban J connectivity index is 1.94. The van der Waals surface area contributed by atoms with Gasteiger partial charge in [0.2, 0.25) is 5.91 Å². The quantitative estimate of drug-likeness (QED) is 0.926. The van der Waals surface area contributed by atoms with E-state index in [9.17, 15) is 4.79 Å². The van der Waals surface area contributed by atoms with Crippen molar-refractivity contribution in [1.29, 1.82) is 0 Å². The number of aromatic nitrogens is 1. The molecule has 5 heteroatoms. The van der Waals surface area contributed by atoms with E-state index < -0.39 is 0 Å². The third kappa shape index (κ3) is 3.69. The van der Waals surface area contributed by atoms with Crippen LogP contribution in [0.5, 0.6) is 0 Å². The van der Waals surface area contributed by atoms with Crippen LogP contribution in [0, 0.1) is 12.8 Å². The number of hydrogen-bond acceptors (Lipinski definition) is 4. The van der Waals surface area contributed by atoms with Gasteiger partial charge in [0.1, 0.15) is 0 Å². The Labute approximate surface area is 119 Å². The largest absolute Gasteiger partial charge is 0.375 e. The van der Waals surface area contributed by atoms with Crippen LogP contribution in [0.2, 0.25) is 0 Å². The van der Waals surface area contributed by atoms with Gasteiger partial charge in [0.05, 0.1) is 12.1 Å². The average molecular weight is 281 g/mol. The average Bonchev–Trinajstić information content (AvgIpc) is 2.59. The second-order valence-corrected chi connectivity index (χ2v) is 6.44. The topological polar surface area (TPSA) is 59.2 Å². The summed E-state index contributed by atoms with van der Waals surface area (Å²) in [5.41, 5.74) is 6.58. The zero-order chi connectivity index (χ0) is 13.8. The minimum Gasteiger partial charge on any atom is -0.375 e. The number of carbonyl (C=O) groups is 1. The van der Waals surface area contributed by atoms with Crippen LogP contribution < -0.4 is 5.73 Å². The Morgan fingerprint density at radius 1 is 1.47 bits per heavy atom. The number of carbonyl (C=O) groups excluding carboxylic acids is 1. The summed E-state index contributed by atoms with van der Waals surface area (Å²) in [7, 11) is 0. The lowest BCUT2D eigenvalue weighted by molar-refractivity contribution is -0.130. The minimum atomic E-state index is 0.225. The fourth-order valence-electron chi connectivity index (χ4n) is 2.69. The lowest BCUT2D eigenvalue weighted by atomic mass is 9.98. The summed E-state index contributed by atoms with van der Waals surface area (Å²) in [5, 5.41) is 0.558. The molecule has 19 heavy (non-hydrogen) atoms. The van der Waals surface area contributed by atoms with Crippen molar-refractivity contribution in [3.8, 4) is 0 Å². The molecule has 106 valence electrons. The molecule has 2 N–H and O–H groups in total. The smallest absolute Gasteiger partial charge is 0.227 e. The van der Waals surface area contributed by atoms with E-state index in [2.05, 4.69) is 11.9 Å². The van der Waals surface area contributed by atoms with Gasteiger partial charge in [0.15, 0.2) is 5.13 Å². The summed E-state index contributed by atoms with van der Waals surface area (Å²) in [6.45, 7) is 5.98. The highest BCUT2D eigenvalue weighted by Crippen LogP contribution is 2.23. The lowest BCUT2D eigenvalue weighted by Gasteiger charge is -2.20. The Hall–Kier alpha value is -1.10. The van der Waals surface area contributed by atoms with Crippen molar-refractivity contribution in [1.82, 2.24) is 9.88 Å². The molecule has 0 bridgehead atoms. The second kappa shape index (κ2) is 6.37. The van der Waals surface area contributed by atoms with Crippen LogP contribution in [0.3, 0.4) is 0 Å². The van der Waals surface area contributed by atoms with Crippen LogP contribution in [-0.4, -0.2) is 28.9 Å². The van der Waals surface area contributed by atoms with Crippen LogP contribution in [0.25, 0.3) is 0 Å². The molecule has 1 atom stereocenters. The van der Waals surface area contributed by atoms with E-state index in [-0.39, 0.29) is 5.91 Å². The van der Waals surface area contributed by atoms with Crippen LogP contribution in [-0.2, 0) is 11.2 Å². The number of thiazole rings is 1. The highest BCUT2D eigenvalue weighted by molar-refractivity contribution is 7.15. The maximum atomic E-state index is 12.3. The van der Waals surface area contributed by atoms with Crippen LogP contribution in [0.4, 0.5) is 5.13 Å². The summed E-state index contributed by atoms with van der Waals surface area (Å²) in [4.78, 5) is 19.6. The predicted octanol–water partition coefficient (Wildman–Crippen LogP) is 2.61. The van der Waals surface area contributed by atoms with Gasteiger partial charge >= 0.3 is 0 Å². The van der Waals surface area contributed by atoms with Crippen molar-refractivity contribution in [2.45, 2.75) is 46.0 Å². The second-order valence-electron chi connectivity index (χ2n) is 5.32. The first-order chi connectivity index (χ1) is 9.10. The van der Waals surface area contributed by atoms with Gasteiger partial charge in [-0.3, -0.25) is 4.79 Å². The molecule has 1 fully saturated rings. The molecule has 2 heterocycles. The Bertz CT molecular complexity index is 444. The van der Waals surface area contributed by atoms with E-state index in [1.165, 1.54) is 24.2 Å². The standard InChI is InChI=1S/C14H23N3OS/c1-3-11-5-4-7-17(8-6-11)13(18)9-12-10(2)16-14(15)19-12/h11H,3-9H2,1-2H3,(H2,15,16)/t11-/m0/s1. The number of aryl methyl sites for hydroxylation is 1. The van der Waals surface area contributed by atoms with Gasteiger partial charge in [-0.15, -0.1) is 11.3 Å². The molecule has 4 nitrogen and oxygen atoms in total. The number of hydrogen-bond donors (Lipinski definition) is 1. The Kier molecular flexibility index (Phi) is 4.80. The first-order valence-corrected chi connectivity index (χ1v) is 7.91. The van der Waals surface area contributed by atoms with E-state index in [4.69, 9.17) is 5.73 Å². The molecule has 0 saturated carbocycles. The van der Waals surface area contributed by atoms with Crippen LogP contribution in [0.15, 0.2) is 0 Å². The number of likely N-dealkylation sites (tertiary alicyclic amines) is 1. The SMILES string of the molecule is CC[C@H]1CCCN(C(=O)Cc2sc(N)nc2C)CC1. The fraction of sp³-hybridized carbons (Fsp3) is 0.714. The number of nitrogens with two attached hydrogens (primary N) is 1. The fourth-order valence-corrected chi connectivity index (χ4v) is 3.51. The molecule has 1 aliphatic rings. The molecule has 0 spiro atoms. The van der Waals surface area contributed by atoms with Crippen molar-refractivity contribution in [2.24, 2.45) is 5.92 Å². The monoisotopic (exact) mass is 281 g/mol. The Morgan fingerprint density at radius 2 is 2.26 bits per heavy atom. The first kappa shape index (κ1) is 14.3. The van der Waals surface area contributed by atoms with Gasteiger partial charge in [0.25, 0.3) is 0 Å². The summed E-state index contributed by atoms with van der Waals surface area (Å²) < 4.78 is 0. The van der Waals surface area contributed by atoms with Gasteiger partial charge in [-0.2, -0.15) is 0 Å². The molecule has 0 aromatic carbocycles. The summed E-state index contributed by atoms with van der Waals surface area (Å²) in [6.07, 6.45) is 5.22. The third-order valence-corrected chi connectivity index (χ3v) is 4.99. The van der Waals surface area contributed by atoms with E-state index in [0.717, 1.165) is 42.4 Å². The molecule has 2 rings (SSSR count).